The van der Waals surface area contributed by atoms with Gasteiger partial charge in [0.05, 0.1) is 5.92 Å². The van der Waals surface area contributed by atoms with Crippen LogP contribution < -0.4 is 5.32 Å². The van der Waals surface area contributed by atoms with Crippen molar-refractivity contribution >= 4 is 23.2 Å². The molecule has 1 aliphatic heterocycles. The molecule has 1 aliphatic rings. The van der Waals surface area contributed by atoms with Crippen LogP contribution in [0.3, 0.4) is 0 Å². The van der Waals surface area contributed by atoms with E-state index in [1.54, 1.807) is 12.1 Å². The number of aromatic nitrogens is 1. The van der Waals surface area contributed by atoms with Gasteiger partial charge in [0.15, 0.2) is 0 Å². The number of carbonyl (C=O) groups excluding carboxylic acids is 1. The molecule has 0 aliphatic carbocycles. The molecule has 4 rings (SSSR count). The van der Waals surface area contributed by atoms with E-state index >= 15 is 0 Å². The van der Waals surface area contributed by atoms with Crippen LogP contribution >= 0.6 is 11.6 Å². The lowest BCUT2D eigenvalue weighted by atomic mass is 9.81. The van der Waals surface area contributed by atoms with E-state index in [0.29, 0.717) is 5.02 Å². The van der Waals surface area contributed by atoms with E-state index in [1.165, 1.54) is 11.3 Å². The smallest absolute Gasteiger partial charge is 0.228 e. The van der Waals surface area contributed by atoms with E-state index in [2.05, 4.69) is 40.3 Å². The molecule has 0 radical (unpaired) electrons. The maximum Gasteiger partial charge on any atom is 0.228 e. The molecule has 0 fully saturated rings. The quantitative estimate of drug-likeness (QED) is 0.670. The lowest BCUT2D eigenvalue weighted by Crippen LogP contribution is -2.28. The fraction of sp³-hybridized carbons (Fsp3) is 0.227. The standard InChI is InChI=1S/C22H21ClN2O/c23-17-10-12-18(13-11-17)24-22(26)19-8-4-14-25-15-5-9-20(25)21(19)16-6-2-1-3-7-16/h1-3,5-7,9-13,15,19,21H,4,8,14H2,(H,24,26). The summed E-state index contributed by atoms with van der Waals surface area (Å²) in [5.74, 6) is 0.0149. The molecule has 0 saturated carbocycles. The minimum atomic E-state index is -0.107. The Labute approximate surface area is 158 Å². The topological polar surface area (TPSA) is 34.0 Å². The molecule has 0 bridgehead atoms. The Morgan fingerprint density at radius 1 is 1.00 bits per heavy atom. The van der Waals surface area contributed by atoms with Crippen LogP contribution in [0.5, 0.6) is 0 Å². The molecule has 4 heteroatoms. The lowest BCUT2D eigenvalue weighted by molar-refractivity contribution is -0.120. The zero-order chi connectivity index (χ0) is 17.9. The second kappa shape index (κ2) is 7.38. The molecule has 26 heavy (non-hydrogen) atoms. The number of nitrogens with zero attached hydrogens (tertiary/aromatic N) is 1. The number of nitrogens with one attached hydrogen (secondary N) is 1. The van der Waals surface area contributed by atoms with Crippen molar-refractivity contribution in [1.29, 1.82) is 0 Å². The largest absolute Gasteiger partial charge is 0.351 e. The first-order chi connectivity index (χ1) is 12.7. The molecule has 0 saturated heterocycles. The third-order valence-corrected chi connectivity index (χ3v) is 5.36. The predicted molar refractivity (Wildman–Crippen MR) is 106 cm³/mol. The number of amides is 1. The molecule has 3 aromatic rings. The van der Waals surface area contributed by atoms with Crippen LogP contribution in [-0.4, -0.2) is 10.5 Å². The first-order valence-corrected chi connectivity index (χ1v) is 9.36. The molecular weight excluding hydrogens is 344 g/mol. The number of aryl methyl sites for hydroxylation is 1. The summed E-state index contributed by atoms with van der Waals surface area (Å²) in [6, 6.07) is 21.8. The summed E-state index contributed by atoms with van der Waals surface area (Å²) in [5.41, 5.74) is 3.18. The minimum absolute atomic E-state index is 0.0565. The first-order valence-electron chi connectivity index (χ1n) is 8.99. The van der Waals surface area contributed by atoms with E-state index in [4.69, 9.17) is 11.6 Å². The molecule has 2 aromatic carbocycles. The van der Waals surface area contributed by atoms with Gasteiger partial charge >= 0.3 is 0 Å². The van der Waals surface area contributed by atoms with Gasteiger partial charge in [-0.3, -0.25) is 4.79 Å². The van der Waals surface area contributed by atoms with Gasteiger partial charge in [0, 0.05) is 35.1 Å². The number of fused-ring (bicyclic) bond motifs is 1. The van der Waals surface area contributed by atoms with E-state index in [9.17, 15) is 4.79 Å². The van der Waals surface area contributed by atoms with Gasteiger partial charge in [-0.1, -0.05) is 41.9 Å². The van der Waals surface area contributed by atoms with Crippen molar-refractivity contribution in [2.24, 2.45) is 5.92 Å². The average Bonchev–Trinajstić information content (AvgIpc) is 3.04. The molecular formula is C22H21ClN2O. The predicted octanol–water partition coefficient (Wildman–Crippen LogP) is 5.32. The second-order valence-corrected chi connectivity index (χ2v) is 7.20. The number of hydrogen-bond acceptors (Lipinski definition) is 1. The minimum Gasteiger partial charge on any atom is -0.351 e. The van der Waals surface area contributed by atoms with Crippen molar-refractivity contribution in [3.63, 3.8) is 0 Å². The van der Waals surface area contributed by atoms with Gasteiger partial charge in [-0.05, 0) is 54.8 Å². The highest BCUT2D eigenvalue weighted by Gasteiger charge is 2.34. The number of rotatable bonds is 3. The summed E-state index contributed by atoms with van der Waals surface area (Å²) in [4.78, 5) is 13.2. The number of anilines is 1. The molecule has 1 amide bonds. The highest BCUT2D eigenvalue weighted by Crippen LogP contribution is 2.38. The SMILES string of the molecule is O=C(Nc1ccc(Cl)cc1)C1CCCn2cccc2C1c1ccccc1. The van der Waals surface area contributed by atoms with Gasteiger partial charge in [0.1, 0.15) is 0 Å². The van der Waals surface area contributed by atoms with Crippen molar-refractivity contribution in [2.75, 3.05) is 5.32 Å². The van der Waals surface area contributed by atoms with Crippen LogP contribution in [0.25, 0.3) is 0 Å². The number of carbonyl (C=O) groups is 1. The Morgan fingerprint density at radius 2 is 1.77 bits per heavy atom. The Hall–Kier alpha value is -2.52. The fourth-order valence-corrected chi connectivity index (χ4v) is 4.01. The molecule has 2 heterocycles. The molecule has 3 nitrogen and oxygen atoms in total. The molecule has 1 N–H and O–H groups in total. The van der Waals surface area contributed by atoms with Gasteiger partial charge in [0.25, 0.3) is 0 Å². The Kier molecular flexibility index (Phi) is 4.81. The Morgan fingerprint density at radius 3 is 2.54 bits per heavy atom. The number of halogens is 1. The van der Waals surface area contributed by atoms with Crippen molar-refractivity contribution < 1.29 is 4.79 Å². The molecule has 2 atom stereocenters. The summed E-state index contributed by atoms with van der Waals surface area (Å²) in [6.45, 7) is 0.955. The maximum absolute atomic E-state index is 13.2. The van der Waals surface area contributed by atoms with Crippen LogP contribution in [0.1, 0.15) is 30.0 Å². The zero-order valence-corrected chi connectivity index (χ0v) is 15.2. The molecule has 132 valence electrons. The van der Waals surface area contributed by atoms with E-state index in [0.717, 1.165) is 25.1 Å². The first kappa shape index (κ1) is 16.9. The second-order valence-electron chi connectivity index (χ2n) is 6.76. The van der Waals surface area contributed by atoms with Crippen molar-refractivity contribution in [2.45, 2.75) is 25.3 Å². The van der Waals surface area contributed by atoms with Gasteiger partial charge < -0.3 is 9.88 Å². The van der Waals surface area contributed by atoms with Crippen LogP contribution in [0.2, 0.25) is 5.02 Å². The summed E-state index contributed by atoms with van der Waals surface area (Å²) in [7, 11) is 0. The normalized spacial score (nSPS) is 19.4. The summed E-state index contributed by atoms with van der Waals surface area (Å²) >= 11 is 5.95. The summed E-state index contributed by atoms with van der Waals surface area (Å²) in [6.07, 6.45) is 3.97. The van der Waals surface area contributed by atoms with E-state index in [-0.39, 0.29) is 17.7 Å². The van der Waals surface area contributed by atoms with Gasteiger partial charge in [-0.2, -0.15) is 0 Å². The number of hydrogen-bond donors (Lipinski definition) is 1. The van der Waals surface area contributed by atoms with Crippen molar-refractivity contribution in [1.82, 2.24) is 4.57 Å². The Bertz CT molecular complexity index is 886. The third-order valence-electron chi connectivity index (χ3n) is 5.11. The maximum atomic E-state index is 13.2. The molecule has 2 unspecified atom stereocenters. The summed E-state index contributed by atoms with van der Waals surface area (Å²) < 4.78 is 2.28. The highest BCUT2D eigenvalue weighted by molar-refractivity contribution is 6.30. The summed E-state index contributed by atoms with van der Waals surface area (Å²) in [5, 5.41) is 3.75. The number of benzene rings is 2. The van der Waals surface area contributed by atoms with Gasteiger partial charge in [-0.15, -0.1) is 0 Å². The van der Waals surface area contributed by atoms with Crippen LogP contribution in [0, 0.1) is 5.92 Å². The van der Waals surface area contributed by atoms with Crippen molar-refractivity contribution in [3.8, 4) is 0 Å². The molecule has 1 aromatic heterocycles. The van der Waals surface area contributed by atoms with E-state index < -0.39 is 0 Å². The fourth-order valence-electron chi connectivity index (χ4n) is 3.88. The highest BCUT2D eigenvalue weighted by atomic mass is 35.5. The average molecular weight is 365 g/mol. The van der Waals surface area contributed by atoms with Crippen LogP contribution in [-0.2, 0) is 11.3 Å². The van der Waals surface area contributed by atoms with E-state index in [1.807, 2.05) is 30.3 Å². The van der Waals surface area contributed by atoms with Crippen molar-refractivity contribution in [3.05, 3.63) is 89.2 Å². The molecule has 0 spiro atoms. The van der Waals surface area contributed by atoms with Gasteiger partial charge in [0.2, 0.25) is 5.91 Å². The van der Waals surface area contributed by atoms with Crippen LogP contribution in [0.4, 0.5) is 5.69 Å². The van der Waals surface area contributed by atoms with Crippen LogP contribution in [0.15, 0.2) is 72.9 Å². The third kappa shape index (κ3) is 3.40. The van der Waals surface area contributed by atoms with Gasteiger partial charge in [-0.25, -0.2) is 0 Å². The lowest BCUT2D eigenvalue weighted by Gasteiger charge is -2.25. The Balaban J connectivity index is 1.68. The monoisotopic (exact) mass is 364 g/mol. The zero-order valence-electron chi connectivity index (χ0n) is 14.4.